The number of hydrogen-bond acceptors (Lipinski definition) is 7. The predicted molar refractivity (Wildman–Crippen MR) is 83.5 cm³/mol. The molecule has 1 aliphatic rings. The Bertz CT molecular complexity index is 705. The first-order valence-electron chi connectivity index (χ1n) is 7.08. The van der Waals surface area contributed by atoms with E-state index in [9.17, 15) is 9.59 Å². The summed E-state index contributed by atoms with van der Waals surface area (Å²) in [6.45, 7) is 4.56. The van der Waals surface area contributed by atoms with Crippen molar-refractivity contribution in [2.45, 2.75) is 6.92 Å². The van der Waals surface area contributed by atoms with Gasteiger partial charge in [-0.1, -0.05) is 0 Å². The molecular formula is C14H16N4O4S. The molecule has 2 N–H and O–H groups in total. The monoisotopic (exact) mass is 336 g/mol. The average Bonchev–Trinajstić information content (AvgIpc) is 3.22. The zero-order valence-corrected chi connectivity index (χ0v) is 13.3. The lowest BCUT2D eigenvalue weighted by atomic mass is 10.3. The van der Waals surface area contributed by atoms with E-state index in [-0.39, 0.29) is 11.5 Å². The largest absolute Gasteiger partial charge is 0.459 e. The quantitative estimate of drug-likeness (QED) is 0.810. The maximum absolute atomic E-state index is 12.0. The van der Waals surface area contributed by atoms with Gasteiger partial charge in [-0.3, -0.25) is 20.4 Å². The number of amides is 2. The van der Waals surface area contributed by atoms with E-state index in [1.165, 1.54) is 17.6 Å². The fraction of sp³-hybridized carbons (Fsp3) is 0.357. The van der Waals surface area contributed by atoms with Crippen molar-refractivity contribution < 1.29 is 18.7 Å². The normalized spacial score (nSPS) is 14.6. The number of aryl methyl sites for hydroxylation is 1. The molecule has 0 unspecified atom stereocenters. The first-order valence-corrected chi connectivity index (χ1v) is 7.96. The van der Waals surface area contributed by atoms with E-state index in [1.807, 2.05) is 0 Å². The highest BCUT2D eigenvalue weighted by Gasteiger charge is 2.18. The van der Waals surface area contributed by atoms with Crippen LogP contribution in [0.3, 0.4) is 0 Å². The second-order valence-electron chi connectivity index (χ2n) is 4.96. The molecule has 0 atom stereocenters. The van der Waals surface area contributed by atoms with E-state index < -0.39 is 11.8 Å². The number of carbonyl (C=O) groups excluding carboxylic acids is 2. The molecule has 9 heteroatoms. The molecule has 2 aromatic heterocycles. The second-order valence-corrected chi connectivity index (χ2v) is 5.79. The van der Waals surface area contributed by atoms with Gasteiger partial charge in [0.2, 0.25) is 0 Å². The lowest BCUT2D eigenvalue weighted by Crippen LogP contribution is -2.42. The van der Waals surface area contributed by atoms with Gasteiger partial charge in [0, 0.05) is 24.0 Å². The number of morpholine rings is 1. The number of aromatic nitrogens is 1. The molecule has 8 nitrogen and oxygen atoms in total. The van der Waals surface area contributed by atoms with Crippen LogP contribution in [-0.4, -0.2) is 43.1 Å². The molecule has 1 aliphatic heterocycles. The molecular weight excluding hydrogens is 320 g/mol. The minimum atomic E-state index is -0.510. The average molecular weight is 336 g/mol. The van der Waals surface area contributed by atoms with Crippen LogP contribution in [0, 0.1) is 6.92 Å². The molecule has 2 aromatic rings. The van der Waals surface area contributed by atoms with E-state index in [2.05, 4.69) is 20.7 Å². The molecule has 3 heterocycles. The molecule has 1 fully saturated rings. The molecule has 0 saturated carbocycles. The molecule has 0 bridgehead atoms. The Morgan fingerprint density at radius 2 is 2.00 bits per heavy atom. The van der Waals surface area contributed by atoms with Crippen molar-refractivity contribution in [3.05, 3.63) is 34.7 Å². The SMILES string of the molecule is Cc1ccoc1C(=O)NNC(=O)c1csc(N2CCOCC2)n1. The number of hydrogen-bond donors (Lipinski definition) is 2. The number of rotatable bonds is 3. The van der Waals surface area contributed by atoms with Crippen molar-refractivity contribution in [1.29, 1.82) is 0 Å². The summed E-state index contributed by atoms with van der Waals surface area (Å²) >= 11 is 1.39. The van der Waals surface area contributed by atoms with Crippen LogP contribution in [0.5, 0.6) is 0 Å². The Kier molecular flexibility index (Phi) is 4.58. The summed E-state index contributed by atoms with van der Waals surface area (Å²) in [6.07, 6.45) is 1.42. The zero-order chi connectivity index (χ0) is 16.2. The van der Waals surface area contributed by atoms with Gasteiger partial charge in [0.25, 0.3) is 5.91 Å². The van der Waals surface area contributed by atoms with Gasteiger partial charge < -0.3 is 14.1 Å². The van der Waals surface area contributed by atoms with Crippen molar-refractivity contribution in [2.24, 2.45) is 0 Å². The van der Waals surface area contributed by atoms with Crippen LogP contribution < -0.4 is 15.8 Å². The maximum Gasteiger partial charge on any atom is 0.305 e. The third-order valence-electron chi connectivity index (χ3n) is 3.36. The number of furan rings is 1. The van der Waals surface area contributed by atoms with Crippen molar-refractivity contribution >= 4 is 28.3 Å². The molecule has 3 rings (SSSR count). The van der Waals surface area contributed by atoms with Gasteiger partial charge in [0.1, 0.15) is 5.69 Å². The highest BCUT2D eigenvalue weighted by atomic mass is 32.1. The lowest BCUT2D eigenvalue weighted by molar-refractivity contribution is 0.0828. The van der Waals surface area contributed by atoms with Crippen LogP contribution in [0.1, 0.15) is 26.6 Å². The number of anilines is 1. The molecule has 1 saturated heterocycles. The predicted octanol–water partition coefficient (Wildman–Crippen LogP) is 0.956. The number of nitrogens with zero attached hydrogens (tertiary/aromatic N) is 2. The smallest absolute Gasteiger partial charge is 0.305 e. The zero-order valence-electron chi connectivity index (χ0n) is 12.5. The van der Waals surface area contributed by atoms with Crippen LogP contribution >= 0.6 is 11.3 Å². The van der Waals surface area contributed by atoms with Gasteiger partial charge in [0.15, 0.2) is 10.9 Å². The van der Waals surface area contributed by atoms with Crippen molar-refractivity contribution in [1.82, 2.24) is 15.8 Å². The number of nitrogens with one attached hydrogen (secondary N) is 2. The third kappa shape index (κ3) is 3.51. The molecule has 0 radical (unpaired) electrons. The fourth-order valence-corrected chi connectivity index (χ4v) is 2.97. The van der Waals surface area contributed by atoms with E-state index in [1.54, 1.807) is 18.4 Å². The highest BCUT2D eigenvalue weighted by Crippen LogP contribution is 2.21. The summed E-state index contributed by atoms with van der Waals surface area (Å²) < 4.78 is 10.3. The summed E-state index contributed by atoms with van der Waals surface area (Å²) in [5, 5.41) is 2.43. The van der Waals surface area contributed by atoms with Crippen molar-refractivity contribution in [2.75, 3.05) is 31.2 Å². The highest BCUT2D eigenvalue weighted by molar-refractivity contribution is 7.13. The first-order chi connectivity index (χ1) is 11.1. The summed E-state index contributed by atoms with van der Waals surface area (Å²) in [4.78, 5) is 30.3. The Morgan fingerprint density at radius 1 is 1.26 bits per heavy atom. The van der Waals surface area contributed by atoms with Crippen molar-refractivity contribution in [3.63, 3.8) is 0 Å². The second kappa shape index (κ2) is 6.80. The third-order valence-corrected chi connectivity index (χ3v) is 4.27. The van der Waals surface area contributed by atoms with Crippen LogP contribution in [0.15, 0.2) is 22.1 Å². The van der Waals surface area contributed by atoms with E-state index in [0.717, 1.165) is 18.2 Å². The van der Waals surface area contributed by atoms with E-state index in [0.29, 0.717) is 18.8 Å². The van der Waals surface area contributed by atoms with Gasteiger partial charge in [-0.15, -0.1) is 11.3 Å². The van der Waals surface area contributed by atoms with Gasteiger partial charge >= 0.3 is 5.91 Å². The fourth-order valence-electron chi connectivity index (χ4n) is 2.11. The van der Waals surface area contributed by atoms with Gasteiger partial charge in [-0.25, -0.2) is 4.98 Å². The van der Waals surface area contributed by atoms with Crippen LogP contribution in [-0.2, 0) is 4.74 Å². The van der Waals surface area contributed by atoms with Gasteiger partial charge in [-0.05, 0) is 13.0 Å². The number of thiazole rings is 1. The number of carbonyl (C=O) groups is 2. The summed E-state index contributed by atoms with van der Waals surface area (Å²) in [6, 6.07) is 1.67. The van der Waals surface area contributed by atoms with Crippen LogP contribution in [0.25, 0.3) is 0 Å². The minimum absolute atomic E-state index is 0.164. The summed E-state index contributed by atoms with van der Waals surface area (Å²) in [5.74, 6) is -0.819. The maximum atomic E-state index is 12.0. The number of ether oxygens (including phenoxy) is 1. The molecule has 23 heavy (non-hydrogen) atoms. The number of hydrazine groups is 1. The van der Waals surface area contributed by atoms with E-state index >= 15 is 0 Å². The minimum Gasteiger partial charge on any atom is -0.459 e. The summed E-state index contributed by atoms with van der Waals surface area (Å²) in [7, 11) is 0. The summed E-state index contributed by atoms with van der Waals surface area (Å²) in [5.41, 5.74) is 5.60. The Labute approximate surface area is 136 Å². The van der Waals surface area contributed by atoms with E-state index in [4.69, 9.17) is 9.15 Å². The van der Waals surface area contributed by atoms with Crippen LogP contribution in [0.2, 0.25) is 0 Å². The lowest BCUT2D eigenvalue weighted by Gasteiger charge is -2.25. The molecule has 122 valence electrons. The van der Waals surface area contributed by atoms with Gasteiger partial charge in [-0.2, -0.15) is 0 Å². The van der Waals surface area contributed by atoms with Gasteiger partial charge in [0.05, 0.1) is 19.5 Å². The molecule has 2 amide bonds. The Morgan fingerprint density at radius 3 is 2.70 bits per heavy atom. The Hall–Kier alpha value is -2.39. The first kappa shape index (κ1) is 15.5. The topological polar surface area (TPSA) is 96.7 Å². The Balaban J connectivity index is 1.57. The standard InChI is InChI=1S/C14H16N4O4S/c1-9-2-5-22-11(9)13(20)17-16-12(19)10-8-23-14(15-10)18-3-6-21-7-4-18/h2,5,8H,3-4,6-7H2,1H3,(H,16,19)(H,17,20). The molecule has 0 aromatic carbocycles. The van der Waals surface area contributed by atoms with Crippen molar-refractivity contribution in [3.8, 4) is 0 Å². The molecule has 0 aliphatic carbocycles. The molecule has 0 spiro atoms. The van der Waals surface area contributed by atoms with Crippen LogP contribution in [0.4, 0.5) is 5.13 Å².